The van der Waals surface area contributed by atoms with Gasteiger partial charge in [0.2, 0.25) is 0 Å². The van der Waals surface area contributed by atoms with Crippen LogP contribution in [0.15, 0.2) is 60.2 Å². The van der Waals surface area contributed by atoms with Crippen LogP contribution < -0.4 is 0 Å². The SMILES string of the molecule is Cc1ccc(C(C)C2=CC=CC(C)(C)C=C2)cc1. The molecule has 1 atom stereocenters. The number of hydrogen-bond donors (Lipinski definition) is 0. The normalized spacial score (nSPS) is 19.2. The summed E-state index contributed by atoms with van der Waals surface area (Å²) in [4.78, 5) is 0. The van der Waals surface area contributed by atoms with Crippen LogP contribution in [0.3, 0.4) is 0 Å². The molecule has 0 amide bonds. The highest BCUT2D eigenvalue weighted by molar-refractivity contribution is 5.39. The third-order valence-corrected chi connectivity index (χ3v) is 3.60. The lowest BCUT2D eigenvalue weighted by Gasteiger charge is -2.15. The van der Waals surface area contributed by atoms with E-state index in [0.717, 1.165) is 0 Å². The monoisotopic (exact) mass is 238 g/mol. The molecule has 1 aromatic rings. The molecule has 1 aliphatic rings. The molecule has 0 heteroatoms. The quantitative estimate of drug-likeness (QED) is 0.666. The van der Waals surface area contributed by atoms with Gasteiger partial charge in [0, 0.05) is 11.3 Å². The van der Waals surface area contributed by atoms with Crippen LogP contribution in [0.2, 0.25) is 0 Å². The van der Waals surface area contributed by atoms with Gasteiger partial charge in [0.05, 0.1) is 0 Å². The molecule has 0 fully saturated rings. The molecule has 0 aliphatic heterocycles. The van der Waals surface area contributed by atoms with E-state index in [4.69, 9.17) is 0 Å². The minimum absolute atomic E-state index is 0.158. The second-order valence-corrected chi connectivity index (χ2v) is 5.81. The molecule has 0 aromatic heterocycles. The van der Waals surface area contributed by atoms with Crippen LogP contribution in [0, 0.1) is 12.3 Å². The smallest absolute Gasteiger partial charge is 0.00608 e. The van der Waals surface area contributed by atoms with Crippen LogP contribution in [-0.2, 0) is 0 Å². The number of allylic oxidation sites excluding steroid dienone is 6. The Balaban J connectivity index is 2.25. The molecular weight excluding hydrogens is 216 g/mol. The second-order valence-electron chi connectivity index (χ2n) is 5.81. The van der Waals surface area contributed by atoms with Gasteiger partial charge in [-0.3, -0.25) is 0 Å². The van der Waals surface area contributed by atoms with Crippen molar-refractivity contribution in [3.05, 3.63) is 71.3 Å². The molecule has 2 rings (SSSR count). The molecule has 0 radical (unpaired) electrons. The van der Waals surface area contributed by atoms with Crippen molar-refractivity contribution in [1.82, 2.24) is 0 Å². The van der Waals surface area contributed by atoms with Crippen molar-refractivity contribution in [2.24, 2.45) is 5.41 Å². The van der Waals surface area contributed by atoms with Gasteiger partial charge in [0.1, 0.15) is 0 Å². The Bertz CT molecular complexity index is 495. The minimum atomic E-state index is 0.158. The van der Waals surface area contributed by atoms with Gasteiger partial charge in [0.25, 0.3) is 0 Å². The Labute approximate surface area is 111 Å². The maximum absolute atomic E-state index is 2.28. The molecular formula is C18H22. The number of hydrogen-bond acceptors (Lipinski definition) is 0. The van der Waals surface area contributed by atoms with E-state index in [1.54, 1.807) is 0 Å². The van der Waals surface area contributed by atoms with Crippen molar-refractivity contribution >= 4 is 0 Å². The van der Waals surface area contributed by atoms with Crippen LogP contribution in [0.25, 0.3) is 0 Å². The third kappa shape index (κ3) is 3.01. The third-order valence-electron chi connectivity index (χ3n) is 3.60. The molecule has 0 heterocycles. The summed E-state index contributed by atoms with van der Waals surface area (Å²) < 4.78 is 0. The van der Waals surface area contributed by atoms with Gasteiger partial charge in [-0.1, -0.05) is 81.0 Å². The summed E-state index contributed by atoms with van der Waals surface area (Å²) in [6.07, 6.45) is 11.2. The van der Waals surface area contributed by atoms with E-state index in [-0.39, 0.29) is 5.41 Å². The van der Waals surface area contributed by atoms with Crippen molar-refractivity contribution in [3.63, 3.8) is 0 Å². The van der Waals surface area contributed by atoms with E-state index in [1.165, 1.54) is 16.7 Å². The maximum Gasteiger partial charge on any atom is 0.00608 e. The van der Waals surface area contributed by atoms with Gasteiger partial charge in [-0.2, -0.15) is 0 Å². The number of benzene rings is 1. The van der Waals surface area contributed by atoms with Gasteiger partial charge in [-0.15, -0.1) is 0 Å². The molecule has 0 saturated carbocycles. The zero-order valence-corrected chi connectivity index (χ0v) is 11.8. The van der Waals surface area contributed by atoms with Gasteiger partial charge in [-0.25, -0.2) is 0 Å². The predicted molar refractivity (Wildman–Crippen MR) is 79.7 cm³/mol. The van der Waals surface area contributed by atoms with Crippen LogP contribution in [-0.4, -0.2) is 0 Å². The van der Waals surface area contributed by atoms with E-state index in [2.05, 4.69) is 82.3 Å². The lowest BCUT2D eigenvalue weighted by molar-refractivity contribution is 0.626. The van der Waals surface area contributed by atoms with Gasteiger partial charge >= 0.3 is 0 Å². The molecule has 0 spiro atoms. The summed E-state index contributed by atoms with van der Waals surface area (Å²) in [5.41, 5.74) is 4.23. The Morgan fingerprint density at radius 1 is 1.00 bits per heavy atom. The standard InChI is InChI=1S/C18H22/c1-14-7-9-17(10-8-14)15(2)16-6-5-12-18(3,4)13-11-16/h5-13,15H,1-4H3. The van der Waals surface area contributed by atoms with Crippen molar-refractivity contribution < 1.29 is 0 Å². The van der Waals surface area contributed by atoms with Crippen molar-refractivity contribution in [2.75, 3.05) is 0 Å². The van der Waals surface area contributed by atoms with Gasteiger partial charge in [-0.05, 0) is 18.1 Å². The first-order chi connectivity index (χ1) is 8.48. The largest absolute Gasteiger partial charge is 0.0751 e. The van der Waals surface area contributed by atoms with E-state index in [9.17, 15) is 0 Å². The summed E-state index contributed by atoms with van der Waals surface area (Å²) in [6, 6.07) is 8.84. The van der Waals surface area contributed by atoms with Crippen molar-refractivity contribution in [1.29, 1.82) is 0 Å². The molecule has 18 heavy (non-hydrogen) atoms. The van der Waals surface area contributed by atoms with E-state index in [1.807, 2.05) is 0 Å². The fourth-order valence-electron chi connectivity index (χ4n) is 2.17. The first-order valence-electron chi connectivity index (χ1n) is 6.63. The Morgan fingerprint density at radius 3 is 2.33 bits per heavy atom. The summed E-state index contributed by atoms with van der Waals surface area (Å²) in [7, 11) is 0. The molecule has 0 bridgehead atoms. The van der Waals surface area contributed by atoms with Gasteiger partial charge < -0.3 is 0 Å². The summed E-state index contributed by atoms with van der Waals surface area (Å²) in [5.74, 6) is 0.445. The van der Waals surface area contributed by atoms with E-state index in [0.29, 0.717) is 5.92 Å². The first kappa shape index (κ1) is 12.9. The van der Waals surface area contributed by atoms with E-state index < -0.39 is 0 Å². The predicted octanol–water partition coefficient (Wildman–Crippen LogP) is 5.18. The fraction of sp³-hybridized carbons (Fsp3) is 0.333. The maximum atomic E-state index is 2.28. The Morgan fingerprint density at radius 2 is 1.67 bits per heavy atom. The zero-order valence-electron chi connectivity index (χ0n) is 11.8. The molecule has 1 unspecified atom stereocenters. The highest BCUT2D eigenvalue weighted by Crippen LogP contribution is 2.30. The highest BCUT2D eigenvalue weighted by Gasteiger charge is 2.14. The van der Waals surface area contributed by atoms with Crippen LogP contribution >= 0.6 is 0 Å². The fourth-order valence-corrected chi connectivity index (χ4v) is 2.17. The zero-order chi connectivity index (χ0) is 13.2. The van der Waals surface area contributed by atoms with Crippen molar-refractivity contribution in [2.45, 2.75) is 33.6 Å². The van der Waals surface area contributed by atoms with Crippen LogP contribution in [0.4, 0.5) is 0 Å². The topological polar surface area (TPSA) is 0 Å². The molecule has 94 valence electrons. The number of aryl methyl sites for hydroxylation is 1. The average Bonchev–Trinajstić information content (AvgIpc) is 2.50. The molecule has 0 nitrogen and oxygen atoms in total. The molecule has 0 saturated heterocycles. The Kier molecular flexibility index (Phi) is 3.56. The minimum Gasteiger partial charge on any atom is -0.0751 e. The lowest BCUT2D eigenvalue weighted by atomic mass is 9.90. The summed E-state index contributed by atoms with van der Waals surface area (Å²) >= 11 is 0. The lowest BCUT2D eigenvalue weighted by Crippen LogP contribution is -2.01. The highest BCUT2D eigenvalue weighted by atomic mass is 14.2. The van der Waals surface area contributed by atoms with E-state index >= 15 is 0 Å². The molecule has 0 N–H and O–H groups in total. The van der Waals surface area contributed by atoms with Crippen molar-refractivity contribution in [3.8, 4) is 0 Å². The average molecular weight is 238 g/mol. The second kappa shape index (κ2) is 4.97. The van der Waals surface area contributed by atoms with Crippen LogP contribution in [0.1, 0.15) is 37.8 Å². The molecule has 1 aromatic carbocycles. The van der Waals surface area contributed by atoms with Gasteiger partial charge in [0.15, 0.2) is 0 Å². The summed E-state index contributed by atoms with van der Waals surface area (Å²) in [5, 5.41) is 0. The first-order valence-corrected chi connectivity index (χ1v) is 6.63. The summed E-state index contributed by atoms with van der Waals surface area (Å²) in [6.45, 7) is 8.86. The Hall–Kier alpha value is -1.56. The number of rotatable bonds is 2. The van der Waals surface area contributed by atoms with Crippen LogP contribution in [0.5, 0.6) is 0 Å². The molecule has 1 aliphatic carbocycles.